The van der Waals surface area contributed by atoms with Gasteiger partial charge in [-0.05, 0) is 77.5 Å². The first kappa shape index (κ1) is 36.2. The summed E-state index contributed by atoms with van der Waals surface area (Å²) in [7, 11) is 0. The summed E-state index contributed by atoms with van der Waals surface area (Å²) < 4.78 is 49.7. The Morgan fingerprint density at radius 3 is 2.21 bits per heavy atom. The first-order valence-electron chi connectivity index (χ1n) is 13.9. The minimum absolute atomic E-state index is 0. The van der Waals surface area contributed by atoms with Crippen molar-refractivity contribution in [3.8, 4) is 5.75 Å². The van der Waals surface area contributed by atoms with Crippen molar-refractivity contribution >= 4 is 76.0 Å². The molecule has 9 nitrogen and oxygen atoms in total. The van der Waals surface area contributed by atoms with Crippen LogP contribution in [0.25, 0.3) is 10.9 Å². The molecule has 2 amide bonds. The zero-order valence-electron chi connectivity index (χ0n) is 24.7. The number of anilines is 2. The van der Waals surface area contributed by atoms with Crippen molar-refractivity contribution in [3.05, 3.63) is 119 Å². The molecule has 0 aliphatic carbocycles. The molecule has 250 valence electrons. The molecule has 1 unspecified atom stereocenters. The Labute approximate surface area is 287 Å². The number of carbonyl (C=O) groups is 3. The van der Waals surface area contributed by atoms with Gasteiger partial charge in [0.05, 0.1) is 11.2 Å². The highest BCUT2D eigenvalue weighted by Gasteiger charge is 2.29. The van der Waals surface area contributed by atoms with E-state index in [1.165, 1.54) is 18.3 Å². The van der Waals surface area contributed by atoms with E-state index in [1.54, 1.807) is 78.9 Å². The van der Waals surface area contributed by atoms with Crippen LogP contribution in [-0.4, -0.2) is 34.0 Å². The lowest BCUT2D eigenvalue weighted by atomic mass is 10.2. The van der Waals surface area contributed by atoms with Crippen molar-refractivity contribution < 1.29 is 37.0 Å². The monoisotopic (exact) mass is 718 g/mol. The molecule has 4 aromatic carbocycles. The van der Waals surface area contributed by atoms with Gasteiger partial charge in [-0.15, -0.1) is 12.4 Å². The predicted octanol–water partition coefficient (Wildman–Crippen LogP) is 8.26. The molecule has 0 bridgehead atoms. The molecule has 1 heterocycles. The molecule has 0 radical (unpaired) electrons. The molecule has 15 heteroatoms. The minimum atomic E-state index is -4.36. The molecule has 1 aromatic heterocycles. The minimum Gasteiger partial charge on any atom is -0.489 e. The topological polar surface area (TPSA) is 125 Å². The number of alkyl halides is 3. The van der Waals surface area contributed by atoms with Crippen molar-refractivity contribution in [3.63, 3.8) is 0 Å². The second-order valence-corrected chi connectivity index (χ2v) is 11.6. The van der Waals surface area contributed by atoms with Crippen LogP contribution in [0.15, 0.2) is 108 Å². The van der Waals surface area contributed by atoms with E-state index in [2.05, 4.69) is 10.6 Å². The first-order valence-corrected chi connectivity index (χ1v) is 15.1. The third-order valence-corrected chi connectivity index (χ3v) is 7.65. The molecule has 0 aliphatic heterocycles. The van der Waals surface area contributed by atoms with Crippen molar-refractivity contribution in [1.82, 2.24) is 4.57 Å². The number of rotatable bonds is 10. The van der Waals surface area contributed by atoms with Gasteiger partial charge < -0.3 is 25.8 Å². The van der Waals surface area contributed by atoms with Gasteiger partial charge in [-0.2, -0.15) is 13.2 Å². The maximum absolute atomic E-state index is 13.2. The zero-order valence-corrected chi connectivity index (χ0v) is 27.1. The lowest BCUT2D eigenvalue weighted by molar-refractivity contribution is -0.145. The number of benzene rings is 4. The van der Waals surface area contributed by atoms with Crippen LogP contribution >= 0.6 is 35.8 Å². The molecule has 0 spiro atoms. The van der Waals surface area contributed by atoms with Crippen molar-refractivity contribution in [2.45, 2.75) is 29.7 Å². The number of ether oxygens (including phenoxy) is 2. The molecule has 48 heavy (non-hydrogen) atoms. The summed E-state index contributed by atoms with van der Waals surface area (Å²) in [5, 5.41) is 6.15. The Morgan fingerprint density at radius 2 is 1.54 bits per heavy atom. The van der Waals surface area contributed by atoms with Gasteiger partial charge in [0.2, 0.25) is 0 Å². The van der Waals surface area contributed by atoms with Gasteiger partial charge in [0.15, 0.2) is 6.04 Å². The predicted molar refractivity (Wildman–Crippen MR) is 181 cm³/mol. The van der Waals surface area contributed by atoms with Gasteiger partial charge in [0, 0.05) is 27.2 Å². The third-order valence-electron chi connectivity index (χ3n) is 6.67. The van der Waals surface area contributed by atoms with E-state index in [-0.39, 0.29) is 48.0 Å². The summed E-state index contributed by atoms with van der Waals surface area (Å²) in [6.07, 6.45) is 1.35. The summed E-state index contributed by atoms with van der Waals surface area (Å²) in [4.78, 5) is 38.8. The number of aromatic nitrogens is 1. The van der Waals surface area contributed by atoms with Crippen LogP contribution in [0.3, 0.4) is 0 Å². The number of hydrogen-bond acceptors (Lipinski definition) is 7. The molecule has 4 N–H and O–H groups in total. The number of nitrogens with two attached hydrogens (primary N) is 1. The Balaban J connectivity index is 0.00000520. The smallest absolute Gasteiger partial charge is 0.446 e. The highest BCUT2D eigenvalue weighted by molar-refractivity contribution is 8.00. The standard InChI is InChI=1S/C33H26ClF3N4O5S.ClH/c34-22-8-15-28-26(16-22)27(17-41(28)30(42)29(38)31(43)46-19-20-4-2-1-3-5-20)40-32(44)39-23-9-11-24(12-10-23)45-18-21-6-13-25(14-7-21)47-33(35,36)37;/h1-17,29H,18-19,38H2,(H2,39,40,44);1H. The highest BCUT2D eigenvalue weighted by atomic mass is 35.5. The van der Waals surface area contributed by atoms with Crippen LogP contribution in [0.4, 0.5) is 29.3 Å². The summed E-state index contributed by atoms with van der Waals surface area (Å²) in [5.74, 6) is -1.21. The quantitative estimate of drug-likeness (QED) is 0.0754. The summed E-state index contributed by atoms with van der Waals surface area (Å²) in [5.41, 5.74) is 4.03. The molecule has 1 atom stereocenters. The number of nitrogens with zero attached hydrogens (tertiary/aromatic N) is 1. The average Bonchev–Trinajstić information content (AvgIpc) is 3.39. The van der Waals surface area contributed by atoms with E-state index in [0.717, 1.165) is 10.1 Å². The molecule has 5 rings (SSSR count). The number of esters is 1. The molecular weight excluding hydrogens is 692 g/mol. The van der Waals surface area contributed by atoms with Crippen LogP contribution in [0, 0.1) is 0 Å². The second kappa shape index (κ2) is 15.9. The Bertz CT molecular complexity index is 1890. The fourth-order valence-electron chi connectivity index (χ4n) is 4.43. The van der Waals surface area contributed by atoms with Gasteiger partial charge in [0.1, 0.15) is 19.0 Å². The maximum Gasteiger partial charge on any atom is 0.446 e. The van der Waals surface area contributed by atoms with Crippen LogP contribution in [0.2, 0.25) is 5.02 Å². The van der Waals surface area contributed by atoms with E-state index in [1.807, 2.05) is 6.07 Å². The molecule has 5 aromatic rings. The van der Waals surface area contributed by atoms with Crippen LogP contribution in [0.1, 0.15) is 15.9 Å². The highest BCUT2D eigenvalue weighted by Crippen LogP contribution is 2.36. The van der Waals surface area contributed by atoms with E-state index in [4.69, 9.17) is 26.8 Å². The van der Waals surface area contributed by atoms with E-state index >= 15 is 0 Å². The summed E-state index contributed by atoms with van der Waals surface area (Å²) in [6, 6.07) is 23.6. The Morgan fingerprint density at radius 1 is 0.875 bits per heavy atom. The maximum atomic E-state index is 13.2. The molecule has 0 saturated heterocycles. The number of nitrogens with one attached hydrogen (secondary N) is 2. The number of carbonyl (C=O) groups excluding carboxylic acids is 3. The fraction of sp³-hybridized carbons (Fsp3) is 0.121. The fourth-order valence-corrected chi connectivity index (χ4v) is 5.14. The Kier molecular flexibility index (Phi) is 12.0. The summed E-state index contributed by atoms with van der Waals surface area (Å²) >= 11 is 6.01. The number of hydrogen-bond donors (Lipinski definition) is 3. The molecule has 0 saturated carbocycles. The lowest BCUT2D eigenvalue weighted by Crippen LogP contribution is -2.42. The van der Waals surface area contributed by atoms with Gasteiger partial charge in [-0.1, -0.05) is 54.1 Å². The van der Waals surface area contributed by atoms with Gasteiger partial charge in [0.25, 0.3) is 5.91 Å². The molecular formula is C33H27Cl2F3N4O5S. The molecule has 0 fully saturated rings. The van der Waals surface area contributed by atoms with Crippen molar-refractivity contribution in [2.24, 2.45) is 5.73 Å². The lowest BCUT2D eigenvalue weighted by Gasteiger charge is -2.12. The summed E-state index contributed by atoms with van der Waals surface area (Å²) in [6.45, 7) is 0.0776. The van der Waals surface area contributed by atoms with Crippen molar-refractivity contribution in [1.29, 1.82) is 0 Å². The normalized spacial score (nSPS) is 11.7. The number of thioether (sulfide) groups is 1. The SMILES string of the molecule is Cl.NC(C(=O)OCc1ccccc1)C(=O)n1cc(NC(=O)Nc2ccc(OCc3ccc(SC(F)(F)F)cc3)cc2)c2cc(Cl)ccc21. The van der Waals surface area contributed by atoms with E-state index in [0.29, 0.717) is 32.9 Å². The average molecular weight is 720 g/mol. The third kappa shape index (κ3) is 9.67. The number of urea groups is 1. The van der Waals surface area contributed by atoms with Crippen LogP contribution in [-0.2, 0) is 22.7 Å². The van der Waals surface area contributed by atoms with Crippen LogP contribution < -0.4 is 21.1 Å². The first-order chi connectivity index (χ1) is 22.4. The largest absolute Gasteiger partial charge is 0.489 e. The Hall–Kier alpha value is -4.69. The van der Waals surface area contributed by atoms with E-state index < -0.39 is 29.5 Å². The second-order valence-electron chi connectivity index (χ2n) is 10.1. The zero-order chi connectivity index (χ0) is 33.6. The molecule has 0 aliphatic rings. The van der Waals surface area contributed by atoms with E-state index in [9.17, 15) is 27.6 Å². The number of fused-ring (bicyclic) bond motifs is 1. The van der Waals surface area contributed by atoms with Crippen molar-refractivity contribution in [2.75, 3.05) is 10.6 Å². The number of amides is 2. The van der Waals surface area contributed by atoms with Gasteiger partial charge >= 0.3 is 17.5 Å². The van der Waals surface area contributed by atoms with Gasteiger partial charge in [-0.3, -0.25) is 9.36 Å². The van der Waals surface area contributed by atoms with Crippen LogP contribution in [0.5, 0.6) is 5.75 Å². The van der Waals surface area contributed by atoms with Gasteiger partial charge in [-0.25, -0.2) is 9.59 Å². The number of halogens is 5.